The van der Waals surface area contributed by atoms with Crippen molar-refractivity contribution in [3.63, 3.8) is 0 Å². The van der Waals surface area contributed by atoms with E-state index in [1.54, 1.807) is 42.5 Å². The molecule has 0 aliphatic carbocycles. The molecule has 0 fully saturated rings. The number of aliphatic hydroxyl groups excluding tert-OH is 1. The van der Waals surface area contributed by atoms with E-state index in [-0.39, 0.29) is 24.5 Å². The van der Waals surface area contributed by atoms with Crippen molar-refractivity contribution >= 4 is 0 Å². The average molecular weight is 384 g/mol. The van der Waals surface area contributed by atoms with Gasteiger partial charge in [-0.1, -0.05) is 0 Å². The Balaban J connectivity index is 1.63. The lowest BCUT2D eigenvalue weighted by atomic mass is 10.1. The van der Waals surface area contributed by atoms with Gasteiger partial charge in [0.1, 0.15) is 30.0 Å². The number of aliphatic hydroxyl groups is 1. The van der Waals surface area contributed by atoms with E-state index in [1.165, 1.54) is 22.9 Å². The molecule has 1 N–H and O–H groups in total. The lowest BCUT2D eigenvalue weighted by Gasteiger charge is -2.14. The van der Waals surface area contributed by atoms with Crippen LogP contribution in [-0.2, 0) is 6.54 Å². The van der Waals surface area contributed by atoms with Crippen molar-refractivity contribution in [2.75, 3.05) is 13.2 Å². The predicted octanol–water partition coefficient (Wildman–Crippen LogP) is 2.89. The molecule has 0 saturated carbocycles. The zero-order chi connectivity index (χ0) is 19.9. The summed E-state index contributed by atoms with van der Waals surface area (Å²) in [5, 5.41) is 14.5. The van der Waals surface area contributed by atoms with E-state index in [0.29, 0.717) is 23.6 Å². The van der Waals surface area contributed by atoms with E-state index in [2.05, 4.69) is 5.10 Å². The molecule has 6 nitrogen and oxygen atoms in total. The zero-order valence-corrected chi connectivity index (χ0v) is 15.4. The molecule has 1 atom stereocenters. The first-order chi connectivity index (χ1) is 13.5. The van der Waals surface area contributed by atoms with Crippen LogP contribution in [0, 0.1) is 5.82 Å². The molecule has 0 bridgehead atoms. The maximum Gasteiger partial charge on any atom is 0.266 e. The Morgan fingerprint density at radius 3 is 2.29 bits per heavy atom. The largest absolute Gasteiger partial charge is 0.494 e. The summed E-state index contributed by atoms with van der Waals surface area (Å²) in [6.45, 7) is 2.47. The van der Waals surface area contributed by atoms with Gasteiger partial charge < -0.3 is 14.6 Å². The van der Waals surface area contributed by atoms with Gasteiger partial charge >= 0.3 is 0 Å². The molecule has 0 amide bonds. The molecule has 0 radical (unpaired) electrons. The van der Waals surface area contributed by atoms with Crippen molar-refractivity contribution in [1.82, 2.24) is 9.78 Å². The standard InChI is InChI=1S/C21H21FN2O4/c1-2-27-18-7-9-19(10-8-18)28-14-17(25)13-24-21(26)12-11-20(23-24)15-3-5-16(22)6-4-15/h3-12,17,25H,2,13-14H2,1H3. The number of hydrogen-bond acceptors (Lipinski definition) is 5. The quantitative estimate of drug-likeness (QED) is 0.647. The fourth-order valence-corrected chi connectivity index (χ4v) is 2.60. The highest BCUT2D eigenvalue weighted by Crippen LogP contribution is 2.18. The fourth-order valence-electron chi connectivity index (χ4n) is 2.60. The van der Waals surface area contributed by atoms with Crippen molar-refractivity contribution in [3.05, 3.63) is 76.8 Å². The lowest BCUT2D eigenvalue weighted by Crippen LogP contribution is -2.31. The third-order valence-electron chi connectivity index (χ3n) is 3.97. The van der Waals surface area contributed by atoms with Gasteiger partial charge in [-0.2, -0.15) is 5.10 Å². The first-order valence-corrected chi connectivity index (χ1v) is 8.93. The summed E-state index contributed by atoms with van der Waals surface area (Å²) < 4.78 is 25.2. The van der Waals surface area contributed by atoms with Crippen molar-refractivity contribution in [1.29, 1.82) is 0 Å². The minimum absolute atomic E-state index is 0.00285. The summed E-state index contributed by atoms with van der Waals surface area (Å²) in [7, 11) is 0. The van der Waals surface area contributed by atoms with Gasteiger partial charge in [-0.25, -0.2) is 9.07 Å². The molecule has 0 spiro atoms. The molecule has 1 heterocycles. The van der Waals surface area contributed by atoms with Crippen LogP contribution >= 0.6 is 0 Å². The van der Waals surface area contributed by atoms with Crippen LogP contribution in [0.2, 0.25) is 0 Å². The van der Waals surface area contributed by atoms with Gasteiger partial charge in [0, 0.05) is 11.6 Å². The van der Waals surface area contributed by atoms with Crippen molar-refractivity contribution in [3.8, 4) is 22.8 Å². The molecule has 0 aliphatic rings. The van der Waals surface area contributed by atoms with Gasteiger partial charge in [0.2, 0.25) is 0 Å². The van der Waals surface area contributed by atoms with Gasteiger partial charge in [-0.05, 0) is 61.5 Å². The third kappa shape index (κ3) is 5.17. The second-order valence-corrected chi connectivity index (χ2v) is 6.12. The molecule has 7 heteroatoms. The van der Waals surface area contributed by atoms with Gasteiger partial charge in [0.25, 0.3) is 5.56 Å². The van der Waals surface area contributed by atoms with E-state index in [9.17, 15) is 14.3 Å². The summed E-state index contributed by atoms with van der Waals surface area (Å²) in [5.74, 6) is 0.977. The topological polar surface area (TPSA) is 73.6 Å². The van der Waals surface area contributed by atoms with E-state index in [0.717, 1.165) is 5.75 Å². The Kier molecular flexibility index (Phi) is 6.39. The molecule has 3 rings (SSSR count). The highest BCUT2D eigenvalue weighted by Gasteiger charge is 2.10. The summed E-state index contributed by atoms with van der Waals surface area (Å²) >= 11 is 0. The van der Waals surface area contributed by atoms with Gasteiger partial charge in [0.15, 0.2) is 0 Å². The fraction of sp³-hybridized carbons (Fsp3) is 0.238. The molecule has 3 aromatic rings. The summed E-state index contributed by atoms with van der Waals surface area (Å²) in [5.41, 5.74) is 0.848. The Morgan fingerprint density at radius 1 is 1.00 bits per heavy atom. The normalized spacial score (nSPS) is 11.8. The van der Waals surface area contributed by atoms with E-state index in [4.69, 9.17) is 9.47 Å². The maximum absolute atomic E-state index is 13.1. The zero-order valence-electron chi connectivity index (χ0n) is 15.4. The molecule has 28 heavy (non-hydrogen) atoms. The van der Waals surface area contributed by atoms with Crippen LogP contribution in [0.25, 0.3) is 11.3 Å². The SMILES string of the molecule is CCOc1ccc(OCC(O)Cn2nc(-c3ccc(F)cc3)ccc2=O)cc1. The molecule has 1 aromatic heterocycles. The van der Waals surface area contributed by atoms with Crippen molar-refractivity contribution in [2.24, 2.45) is 0 Å². The molecule has 2 aromatic carbocycles. The minimum atomic E-state index is -0.930. The smallest absolute Gasteiger partial charge is 0.266 e. The Bertz CT molecular complexity index is 955. The molecular weight excluding hydrogens is 363 g/mol. The van der Waals surface area contributed by atoms with Crippen LogP contribution in [-0.4, -0.2) is 34.2 Å². The maximum atomic E-state index is 13.1. The second kappa shape index (κ2) is 9.14. The Labute approximate surface area is 161 Å². The monoisotopic (exact) mass is 384 g/mol. The highest BCUT2D eigenvalue weighted by atomic mass is 19.1. The van der Waals surface area contributed by atoms with Crippen LogP contribution in [0.15, 0.2) is 65.5 Å². The number of benzene rings is 2. The number of halogens is 1. The molecule has 0 aliphatic heterocycles. The Morgan fingerprint density at radius 2 is 1.64 bits per heavy atom. The first kappa shape index (κ1) is 19.6. The number of nitrogens with zero attached hydrogens (tertiary/aromatic N) is 2. The number of rotatable bonds is 8. The van der Waals surface area contributed by atoms with E-state index < -0.39 is 6.10 Å². The number of aromatic nitrogens is 2. The number of ether oxygens (including phenoxy) is 2. The van der Waals surface area contributed by atoms with Crippen molar-refractivity contribution in [2.45, 2.75) is 19.6 Å². The van der Waals surface area contributed by atoms with Gasteiger partial charge in [0.05, 0.1) is 18.8 Å². The van der Waals surface area contributed by atoms with Gasteiger partial charge in [-0.3, -0.25) is 4.79 Å². The summed E-state index contributed by atoms with van der Waals surface area (Å²) in [4.78, 5) is 12.0. The summed E-state index contributed by atoms with van der Waals surface area (Å²) in [6, 6.07) is 15.8. The van der Waals surface area contributed by atoms with E-state index in [1.807, 2.05) is 6.92 Å². The lowest BCUT2D eigenvalue weighted by molar-refractivity contribution is 0.0880. The van der Waals surface area contributed by atoms with Crippen LogP contribution in [0.1, 0.15) is 6.92 Å². The first-order valence-electron chi connectivity index (χ1n) is 8.93. The second-order valence-electron chi connectivity index (χ2n) is 6.12. The molecule has 146 valence electrons. The van der Waals surface area contributed by atoms with Gasteiger partial charge in [-0.15, -0.1) is 0 Å². The predicted molar refractivity (Wildman–Crippen MR) is 103 cm³/mol. The van der Waals surface area contributed by atoms with Crippen LogP contribution in [0.3, 0.4) is 0 Å². The number of hydrogen-bond donors (Lipinski definition) is 1. The van der Waals surface area contributed by atoms with Crippen LogP contribution in [0.5, 0.6) is 11.5 Å². The molecule has 0 saturated heterocycles. The molecule has 1 unspecified atom stereocenters. The van der Waals surface area contributed by atoms with Crippen LogP contribution < -0.4 is 15.0 Å². The van der Waals surface area contributed by atoms with Crippen LogP contribution in [0.4, 0.5) is 4.39 Å². The minimum Gasteiger partial charge on any atom is -0.494 e. The average Bonchev–Trinajstić information content (AvgIpc) is 2.70. The van der Waals surface area contributed by atoms with E-state index >= 15 is 0 Å². The molecular formula is C21H21FN2O4. The Hall–Kier alpha value is -3.19. The highest BCUT2D eigenvalue weighted by molar-refractivity contribution is 5.57. The third-order valence-corrected chi connectivity index (χ3v) is 3.97. The van der Waals surface area contributed by atoms with Crippen molar-refractivity contribution < 1.29 is 19.0 Å². The summed E-state index contributed by atoms with van der Waals surface area (Å²) in [6.07, 6.45) is -0.930.